The fourth-order valence-electron chi connectivity index (χ4n) is 4.10. The van der Waals surface area contributed by atoms with Gasteiger partial charge >= 0.3 is 0 Å². The second kappa shape index (κ2) is 5.87. The third-order valence-corrected chi connectivity index (χ3v) is 5.47. The predicted molar refractivity (Wildman–Crippen MR) is 97.3 cm³/mol. The van der Waals surface area contributed by atoms with Crippen LogP contribution < -0.4 is 10.1 Å². The molecule has 0 spiro atoms. The fourth-order valence-corrected chi connectivity index (χ4v) is 4.10. The lowest BCUT2D eigenvalue weighted by molar-refractivity contribution is -0.118. The van der Waals surface area contributed by atoms with Crippen molar-refractivity contribution in [3.8, 4) is 5.75 Å². The highest BCUT2D eigenvalue weighted by Crippen LogP contribution is 2.43. The Kier molecular flexibility index (Phi) is 3.48. The molecule has 1 unspecified atom stereocenters. The van der Waals surface area contributed by atoms with Crippen molar-refractivity contribution in [1.82, 2.24) is 4.90 Å². The molecule has 0 saturated heterocycles. The SMILES string of the molecule is O=C1COc2ccc(C(=O)N(C3CC3)C3CCc4ccccc43)cc2N1. The van der Waals surface area contributed by atoms with Crippen molar-refractivity contribution in [3.05, 3.63) is 59.2 Å². The zero-order chi connectivity index (χ0) is 17.7. The average Bonchev–Trinajstić information content (AvgIpc) is 3.41. The number of ether oxygens (including phenoxy) is 1. The number of rotatable bonds is 3. The third kappa shape index (κ3) is 2.55. The molecule has 0 radical (unpaired) electrons. The molecule has 0 aromatic heterocycles. The van der Waals surface area contributed by atoms with Crippen molar-refractivity contribution >= 4 is 17.5 Å². The Balaban J connectivity index is 1.48. The van der Waals surface area contributed by atoms with E-state index >= 15 is 0 Å². The van der Waals surface area contributed by atoms with E-state index in [0.29, 0.717) is 23.0 Å². The van der Waals surface area contributed by atoms with Gasteiger partial charge in [0.2, 0.25) is 0 Å². The summed E-state index contributed by atoms with van der Waals surface area (Å²) >= 11 is 0. The van der Waals surface area contributed by atoms with Gasteiger partial charge in [-0.2, -0.15) is 0 Å². The number of fused-ring (bicyclic) bond motifs is 2. The molecule has 3 aliphatic rings. The van der Waals surface area contributed by atoms with Crippen LogP contribution in [0, 0.1) is 0 Å². The minimum absolute atomic E-state index is 0.0212. The molecule has 2 aromatic carbocycles. The van der Waals surface area contributed by atoms with Gasteiger partial charge in [-0.05, 0) is 55.0 Å². The Labute approximate surface area is 152 Å². The summed E-state index contributed by atoms with van der Waals surface area (Å²) in [5.74, 6) is 0.466. The lowest BCUT2D eigenvalue weighted by atomic mass is 10.0. The Hall–Kier alpha value is -2.82. The number of amides is 2. The third-order valence-electron chi connectivity index (χ3n) is 5.47. The van der Waals surface area contributed by atoms with E-state index in [1.807, 2.05) is 0 Å². The van der Waals surface area contributed by atoms with Gasteiger partial charge in [0.05, 0.1) is 11.7 Å². The molecule has 5 rings (SSSR count). The first-order valence-corrected chi connectivity index (χ1v) is 9.18. The van der Waals surface area contributed by atoms with Gasteiger partial charge in [-0.3, -0.25) is 9.59 Å². The molecule has 0 bridgehead atoms. The summed E-state index contributed by atoms with van der Waals surface area (Å²) < 4.78 is 5.40. The van der Waals surface area contributed by atoms with Gasteiger partial charge in [-0.1, -0.05) is 24.3 Å². The second-order valence-electron chi connectivity index (χ2n) is 7.24. The molecular weight excluding hydrogens is 328 g/mol. The van der Waals surface area contributed by atoms with Gasteiger partial charge in [0.25, 0.3) is 11.8 Å². The number of nitrogens with zero attached hydrogens (tertiary/aromatic N) is 1. The van der Waals surface area contributed by atoms with Gasteiger partial charge in [0.15, 0.2) is 6.61 Å². The molecule has 132 valence electrons. The van der Waals surface area contributed by atoms with Crippen LogP contribution in [0.3, 0.4) is 0 Å². The van der Waals surface area contributed by atoms with Crippen LogP contribution in [0.25, 0.3) is 0 Å². The number of anilines is 1. The van der Waals surface area contributed by atoms with Crippen molar-refractivity contribution in [2.75, 3.05) is 11.9 Å². The molecule has 1 atom stereocenters. The van der Waals surface area contributed by atoms with Crippen molar-refractivity contribution in [1.29, 1.82) is 0 Å². The van der Waals surface area contributed by atoms with Crippen LogP contribution in [0.2, 0.25) is 0 Å². The van der Waals surface area contributed by atoms with E-state index in [4.69, 9.17) is 4.74 Å². The van der Waals surface area contributed by atoms with E-state index in [2.05, 4.69) is 34.5 Å². The van der Waals surface area contributed by atoms with Gasteiger partial charge in [0, 0.05) is 11.6 Å². The van der Waals surface area contributed by atoms with E-state index < -0.39 is 0 Å². The van der Waals surface area contributed by atoms with E-state index in [9.17, 15) is 9.59 Å². The highest BCUT2D eigenvalue weighted by atomic mass is 16.5. The van der Waals surface area contributed by atoms with Gasteiger partial charge < -0.3 is 15.0 Å². The molecule has 2 aliphatic carbocycles. The molecule has 1 heterocycles. The number of carbonyl (C=O) groups excluding carboxylic acids is 2. The van der Waals surface area contributed by atoms with Crippen molar-refractivity contribution in [3.63, 3.8) is 0 Å². The van der Waals surface area contributed by atoms with Gasteiger partial charge in [0.1, 0.15) is 5.75 Å². The quantitative estimate of drug-likeness (QED) is 0.926. The number of nitrogens with one attached hydrogen (secondary N) is 1. The van der Waals surface area contributed by atoms with E-state index in [0.717, 1.165) is 25.7 Å². The average molecular weight is 348 g/mol. The van der Waals surface area contributed by atoms with Gasteiger partial charge in [-0.15, -0.1) is 0 Å². The van der Waals surface area contributed by atoms with E-state index in [1.165, 1.54) is 11.1 Å². The van der Waals surface area contributed by atoms with Crippen LogP contribution >= 0.6 is 0 Å². The summed E-state index contributed by atoms with van der Waals surface area (Å²) in [7, 11) is 0. The summed E-state index contributed by atoms with van der Waals surface area (Å²) in [5, 5.41) is 2.79. The number of hydrogen-bond acceptors (Lipinski definition) is 3. The first kappa shape index (κ1) is 15.4. The number of carbonyl (C=O) groups is 2. The zero-order valence-corrected chi connectivity index (χ0v) is 14.4. The monoisotopic (exact) mass is 348 g/mol. The minimum Gasteiger partial charge on any atom is -0.482 e. The molecule has 5 heteroatoms. The van der Waals surface area contributed by atoms with Crippen LogP contribution in [-0.2, 0) is 11.2 Å². The normalized spacial score (nSPS) is 20.6. The van der Waals surface area contributed by atoms with Crippen molar-refractivity contribution in [2.45, 2.75) is 37.8 Å². The van der Waals surface area contributed by atoms with E-state index in [1.54, 1.807) is 18.2 Å². The highest BCUT2D eigenvalue weighted by Gasteiger charge is 2.40. The molecule has 1 N–H and O–H groups in total. The van der Waals surface area contributed by atoms with Crippen molar-refractivity contribution < 1.29 is 14.3 Å². The number of hydrogen-bond donors (Lipinski definition) is 1. The second-order valence-corrected chi connectivity index (χ2v) is 7.24. The molecular formula is C21H20N2O3. The van der Waals surface area contributed by atoms with Crippen LogP contribution in [0.5, 0.6) is 5.75 Å². The number of aryl methyl sites for hydroxylation is 1. The summed E-state index contributed by atoms with van der Waals surface area (Å²) in [6, 6.07) is 14.2. The first-order valence-electron chi connectivity index (χ1n) is 9.18. The maximum absolute atomic E-state index is 13.4. The van der Waals surface area contributed by atoms with Gasteiger partial charge in [-0.25, -0.2) is 0 Å². The first-order chi connectivity index (χ1) is 12.7. The summed E-state index contributed by atoms with van der Waals surface area (Å²) in [4.78, 5) is 27.0. The maximum Gasteiger partial charge on any atom is 0.262 e. The largest absolute Gasteiger partial charge is 0.482 e. The molecule has 1 fully saturated rings. The molecule has 2 amide bonds. The van der Waals surface area contributed by atoms with Crippen LogP contribution in [0.1, 0.15) is 46.8 Å². The fraction of sp³-hybridized carbons (Fsp3) is 0.333. The van der Waals surface area contributed by atoms with Crippen LogP contribution in [-0.4, -0.2) is 29.4 Å². The summed E-state index contributed by atoms with van der Waals surface area (Å²) in [6.07, 6.45) is 4.13. The molecule has 26 heavy (non-hydrogen) atoms. The molecule has 2 aromatic rings. The summed E-state index contributed by atoms with van der Waals surface area (Å²) in [5.41, 5.74) is 3.81. The van der Waals surface area contributed by atoms with E-state index in [-0.39, 0.29) is 24.5 Å². The topological polar surface area (TPSA) is 58.6 Å². The Morgan fingerprint density at radius 1 is 1.12 bits per heavy atom. The predicted octanol–water partition coefficient (Wildman–Crippen LogP) is 3.31. The minimum atomic E-state index is -0.189. The molecule has 1 saturated carbocycles. The Bertz CT molecular complexity index is 904. The Morgan fingerprint density at radius 3 is 2.81 bits per heavy atom. The standard InChI is InChI=1S/C21H20N2O3/c24-20-12-26-19-10-6-14(11-17(19)22-20)21(25)23(15-7-8-15)18-9-5-13-3-1-2-4-16(13)18/h1-4,6,10-11,15,18H,5,7-9,12H2,(H,22,24). The highest BCUT2D eigenvalue weighted by molar-refractivity contribution is 6.00. The lowest BCUT2D eigenvalue weighted by Crippen LogP contribution is -2.36. The molecule has 1 aliphatic heterocycles. The summed E-state index contributed by atoms with van der Waals surface area (Å²) in [6.45, 7) is 0.0212. The zero-order valence-electron chi connectivity index (χ0n) is 14.4. The van der Waals surface area contributed by atoms with Crippen LogP contribution in [0.4, 0.5) is 5.69 Å². The maximum atomic E-state index is 13.4. The van der Waals surface area contributed by atoms with Crippen molar-refractivity contribution in [2.24, 2.45) is 0 Å². The molecule has 5 nitrogen and oxygen atoms in total. The van der Waals surface area contributed by atoms with Crippen LogP contribution in [0.15, 0.2) is 42.5 Å². The smallest absolute Gasteiger partial charge is 0.262 e. The number of benzene rings is 2. The lowest BCUT2D eigenvalue weighted by Gasteiger charge is -2.30. The Morgan fingerprint density at radius 2 is 1.96 bits per heavy atom.